The Bertz CT molecular complexity index is 646. The molecule has 1 unspecified atom stereocenters. The highest BCUT2D eigenvalue weighted by Crippen LogP contribution is 2.28. The third-order valence-electron chi connectivity index (χ3n) is 4.13. The maximum atomic E-state index is 11.8. The molecular weight excluding hydrogens is 266 g/mol. The number of aromatic nitrogens is 1. The SMILES string of the molecule is CN1CCN(C(C(=O)O)c2cncc3ccccc23)CC1. The Morgan fingerprint density at radius 1 is 1.19 bits per heavy atom. The molecule has 110 valence electrons. The molecular formula is C16H19N3O2. The number of carbonyl (C=O) groups is 1. The molecule has 2 heterocycles. The van der Waals surface area contributed by atoms with E-state index >= 15 is 0 Å². The Balaban J connectivity index is 2.02. The molecule has 1 atom stereocenters. The molecule has 3 rings (SSSR count). The van der Waals surface area contributed by atoms with Crippen LogP contribution in [0.15, 0.2) is 36.7 Å². The second kappa shape index (κ2) is 5.79. The lowest BCUT2D eigenvalue weighted by Gasteiger charge is -2.36. The summed E-state index contributed by atoms with van der Waals surface area (Å²) in [5.74, 6) is -0.808. The van der Waals surface area contributed by atoms with Gasteiger partial charge in [0.2, 0.25) is 0 Å². The third-order valence-corrected chi connectivity index (χ3v) is 4.13. The van der Waals surface area contributed by atoms with E-state index in [-0.39, 0.29) is 0 Å². The molecule has 0 aliphatic carbocycles. The number of carboxylic acid groups (broad SMARTS) is 1. The summed E-state index contributed by atoms with van der Waals surface area (Å²) < 4.78 is 0. The summed E-state index contributed by atoms with van der Waals surface area (Å²) in [6.45, 7) is 3.30. The smallest absolute Gasteiger partial charge is 0.325 e. The minimum Gasteiger partial charge on any atom is -0.480 e. The molecule has 5 heteroatoms. The number of rotatable bonds is 3. The van der Waals surface area contributed by atoms with Crippen molar-refractivity contribution in [1.82, 2.24) is 14.8 Å². The molecule has 0 amide bonds. The lowest BCUT2D eigenvalue weighted by Crippen LogP contribution is -2.47. The molecule has 0 radical (unpaired) electrons. The summed E-state index contributed by atoms with van der Waals surface area (Å²) in [7, 11) is 2.06. The molecule has 0 saturated carbocycles. The van der Waals surface area contributed by atoms with Crippen LogP contribution in [0, 0.1) is 0 Å². The zero-order chi connectivity index (χ0) is 14.8. The van der Waals surface area contributed by atoms with Crippen molar-refractivity contribution in [3.8, 4) is 0 Å². The lowest BCUT2D eigenvalue weighted by molar-refractivity contribution is -0.144. The summed E-state index contributed by atoms with van der Waals surface area (Å²) in [6, 6.07) is 7.19. The fourth-order valence-electron chi connectivity index (χ4n) is 2.92. The van der Waals surface area contributed by atoms with Gasteiger partial charge in [-0.25, -0.2) is 0 Å². The highest BCUT2D eigenvalue weighted by atomic mass is 16.4. The van der Waals surface area contributed by atoms with E-state index in [1.54, 1.807) is 12.4 Å². The standard InChI is InChI=1S/C16H19N3O2/c1-18-6-8-19(9-7-18)15(16(20)21)14-11-17-10-12-4-2-3-5-13(12)14/h2-5,10-11,15H,6-9H2,1H3,(H,20,21). The van der Waals surface area contributed by atoms with Gasteiger partial charge in [-0.15, -0.1) is 0 Å². The van der Waals surface area contributed by atoms with Crippen molar-refractivity contribution in [1.29, 1.82) is 0 Å². The second-order valence-electron chi connectivity index (χ2n) is 5.53. The predicted octanol–water partition coefficient (Wildman–Crippen LogP) is 1.61. The lowest BCUT2D eigenvalue weighted by atomic mass is 10.00. The second-order valence-corrected chi connectivity index (χ2v) is 5.53. The monoisotopic (exact) mass is 285 g/mol. The number of aliphatic carboxylic acids is 1. The number of pyridine rings is 1. The summed E-state index contributed by atoms with van der Waals surface area (Å²) >= 11 is 0. The first kappa shape index (κ1) is 14.0. The van der Waals surface area contributed by atoms with Crippen LogP contribution in [-0.4, -0.2) is 59.1 Å². The highest BCUT2D eigenvalue weighted by molar-refractivity contribution is 5.89. The first-order valence-corrected chi connectivity index (χ1v) is 7.15. The van der Waals surface area contributed by atoms with E-state index in [1.165, 1.54) is 0 Å². The van der Waals surface area contributed by atoms with Gasteiger partial charge in [-0.2, -0.15) is 0 Å². The van der Waals surface area contributed by atoms with Gasteiger partial charge in [-0.05, 0) is 12.4 Å². The van der Waals surface area contributed by atoms with Crippen molar-refractivity contribution in [3.05, 3.63) is 42.2 Å². The van der Waals surface area contributed by atoms with Gasteiger partial charge in [-0.3, -0.25) is 14.7 Å². The minimum absolute atomic E-state index is 0.628. The Labute approximate surface area is 123 Å². The Morgan fingerprint density at radius 2 is 1.90 bits per heavy atom. The molecule has 1 fully saturated rings. The van der Waals surface area contributed by atoms with Crippen LogP contribution in [0.3, 0.4) is 0 Å². The third kappa shape index (κ3) is 2.75. The predicted molar refractivity (Wildman–Crippen MR) is 81.2 cm³/mol. The molecule has 1 aliphatic heterocycles. The summed E-state index contributed by atoms with van der Waals surface area (Å²) in [5.41, 5.74) is 0.783. The molecule has 1 aliphatic rings. The van der Waals surface area contributed by atoms with Gasteiger partial charge < -0.3 is 10.0 Å². The Hall–Kier alpha value is -1.98. The van der Waals surface area contributed by atoms with Crippen molar-refractivity contribution in [3.63, 3.8) is 0 Å². The number of benzene rings is 1. The summed E-state index contributed by atoms with van der Waals surface area (Å²) in [5, 5.41) is 11.7. The first-order valence-electron chi connectivity index (χ1n) is 7.15. The largest absolute Gasteiger partial charge is 0.480 e. The average molecular weight is 285 g/mol. The van der Waals surface area contributed by atoms with Crippen LogP contribution in [0.2, 0.25) is 0 Å². The van der Waals surface area contributed by atoms with Gasteiger partial charge in [0.05, 0.1) is 0 Å². The van der Waals surface area contributed by atoms with Crippen LogP contribution in [0.25, 0.3) is 10.8 Å². The van der Waals surface area contributed by atoms with E-state index in [2.05, 4.69) is 16.9 Å². The molecule has 1 N–H and O–H groups in total. The fourth-order valence-corrected chi connectivity index (χ4v) is 2.92. The average Bonchev–Trinajstić information content (AvgIpc) is 2.49. The van der Waals surface area contributed by atoms with Crippen molar-refractivity contribution in [2.24, 2.45) is 0 Å². The molecule has 5 nitrogen and oxygen atoms in total. The summed E-state index contributed by atoms with van der Waals surface area (Å²) in [6.07, 6.45) is 3.47. The maximum absolute atomic E-state index is 11.8. The molecule has 1 saturated heterocycles. The fraction of sp³-hybridized carbons (Fsp3) is 0.375. The topological polar surface area (TPSA) is 56.7 Å². The van der Waals surface area contributed by atoms with Gasteiger partial charge in [0.1, 0.15) is 6.04 Å². The van der Waals surface area contributed by atoms with Crippen molar-refractivity contribution in [2.75, 3.05) is 33.2 Å². The number of carboxylic acids is 1. The van der Waals surface area contributed by atoms with Crippen LogP contribution in [0.4, 0.5) is 0 Å². The first-order chi connectivity index (χ1) is 10.2. The highest BCUT2D eigenvalue weighted by Gasteiger charge is 2.30. The Kier molecular flexibility index (Phi) is 3.86. The number of likely N-dealkylation sites (N-methyl/N-ethyl adjacent to an activating group) is 1. The van der Waals surface area contributed by atoms with Crippen LogP contribution < -0.4 is 0 Å². The quantitative estimate of drug-likeness (QED) is 0.928. The zero-order valence-electron chi connectivity index (χ0n) is 12.1. The summed E-state index contributed by atoms with van der Waals surface area (Å²) in [4.78, 5) is 20.3. The van der Waals surface area contributed by atoms with Crippen molar-refractivity contribution < 1.29 is 9.90 Å². The van der Waals surface area contributed by atoms with E-state index in [9.17, 15) is 9.90 Å². The van der Waals surface area contributed by atoms with Gasteiger partial charge in [-0.1, -0.05) is 24.3 Å². The van der Waals surface area contributed by atoms with E-state index in [0.717, 1.165) is 42.5 Å². The van der Waals surface area contributed by atoms with Crippen LogP contribution >= 0.6 is 0 Å². The van der Waals surface area contributed by atoms with Crippen LogP contribution in [0.5, 0.6) is 0 Å². The number of hydrogen-bond acceptors (Lipinski definition) is 4. The molecule has 2 aromatic rings. The number of fused-ring (bicyclic) bond motifs is 1. The zero-order valence-corrected chi connectivity index (χ0v) is 12.1. The van der Waals surface area contributed by atoms with E-state index in [0.29, 0.717) is 0 Å². The molecule has 1 aromatic carbocycles. The van der Waals surface area contributed by atoms with Crippen molar-refractivity contribution >= 4 is 16.7 Å². The van der Waals surface area contributed by atoms with Gasteiger partial charge in [0.25, 0.3) is 0 Å². The van der Waals surface area contributed by atoms with Gasteiger partial charge in [0.15, 0.2) is 0 Å². The van der Waals surface area contributed by atoms with Crippen LogP contribution in [0.1, 0.15) is 11.6 Å². The Morgan fingerprint density at radius 3 is 2.62 bits per heavy atom. The molecule has 0 bridgehead atoms. The molecule has 0 spiro atoms. The van der Waals surface area contributed by atoms with Gasteiger partial charge in [0, 0.05) is 49.5 Å². The van der Waals surface area contributed by atoms with E-state index < -0.39 is 12.0 Å². The van der Waals surface area contributed by atoms with Crippen molar-refractivity contribution in [2.45, 2.75) is 6.04 Å². The number of piperazine rings is 1. The number of hydrogen-bond donors (Lipinski definition) is 1. The van der Waals surface area contributed by atoms with Gasteiger partial charge >= 0.3 is 5.97 Å². The minimum atomic E-state index is -0.808. The molecule has 21 heavy (non-hydrogen) atoms. The molecule has 1 aromatic heterocycles. The van der Waals surface area contributed by atoms with E-state index in [4.69, 9.17) is 0 Å². The number of nitrogens with zero attached hydrogens (tertiary/aromatic N) is 3. The normalized spacial score (nSPS) is 18.7. The van der Waals surface area contributed by atoms with E-state index in [1.807, 2.05) is 29.2 Å². The van der Waals surface area contributed by atoms with Crippen LogP contribution in [-0.2, 0) is 4.79 Å². The maximum Gasteiger partial charge on any atom is 0.325 e.